The highest BCUT2D eigenvalue weighted by atomic mass is 32.1. The van der Waals surface area contributed by atoms with Crippen molar-refractivity contribution in [2.45, 2.75) is 20.5 Å². The maximum absolute atomic E-state index is 12.6. The quantitative estimate of drug-likeness (QED) is 0.381. The van der Waals surface area contributed by atoms with Crippen LogP contribution in [0.3, 0.4) is 0 Å². The molecule has 0 radical (unpaired) electrons. The molecule has 0 fully saturated rings. The van der Waals surface area contributed by atoms with Crippen LogP contribution in [0.2, 0.25) is 0 Å². The highest BCUT2D eigenvalue weighted by Crippen LogP contribution is 2.35. The lowest BCUT2D eigenvalue weighted by atomic mass is 10.2. The molecule has 0 spiro atoms. The molecule has 2 aromatic carbocycles. The minimum Gasteiger partial charge on any atom is -0.495 e. The van der Waals surface area contributed by atoms with Crippen LogP contribution in [0, 0.1) is 6.92 Å². The smallest absolute Gasteiger partial charge is 0.361 e. The van der Waals surface area contributed by atoms with Gasteiger partial charge in [-0.2, -0.15) is 9.90 Å². The first-order valence-electron chi connectivity index (χ1n) is 10.0. The van der Waals surface area contributed by atoms with Gasteiger partial charge in [0.25, 0.3) is 0 Å². The van der Waals surface area contributed by atoms with Crippen molar-refractivity contribution in [2.24, 2.45) is 0 Å². The third-order valence-electron chi connectivity index (χ3n) is 4.69. The number of anilines is 2. The van der Waals surface area contributed by atoms with Gasteiger partial charge < -0.3 is 9.47 Å². The molecule has 10 heteroatoms. The van der Waals surface area contributed by atoms with E-state index in [9.17, 15) is 9.59 Å². The average Bonchev–Trinajstić information content (AvgIpc) is 3.45. The third-order valence-corrected chi connectivity index (χ3v) is 5.56. The summed E-state index contributed by atoms with van der Waals surface area (Å²) in [7, 11) is 1.54. The van der Waals surface area contributed by atoms with E-state index in [1.807, 2.05) is 42.5 Å². The second-order valence-electron chi connectivity index (χ2n) is 6.98. The number of esters is 1. The standard InChI is InChI=1S/C23H21N5O4S/c1-15-21(26-28(25-15)18-9-5-4-6-10-18)22(30)32-13-17-14-33-23(24-17)27(16(2)29)19-11-7-8-12-20(19)31-3/h4-12,14H,13H2,1-3H3. The lowest BCUT2D eigenvalue weighted by molar-refractivity contribution is -0.115. The third kappa shape index (κ3) is 4.75. The van der Waals surface area contributed by atoms with Gasteiger partial charge in [0.15, 0.2) is 10.8 Å². The van der Waals surface area contributed by atoms with Crippen molar-refractivity contribution in [1.29, 1.82) is 0 Å². The Morgan fingerprint density at radius 3 is 2.52 bits per heavy atom. The fraction of sp³-hybridized carbons (Fsp3) is 0.174. The van der Waals surface area contributed by atoms with Gasteiger partial charge in [-0.1, -0.05) is 30.3 Å². The number of carbonyl (C=O) groups is 2. The van der Waals surface area contributed by atoms with E-state index in [1.54, 1.807) is 31.5 Å². The lowest BCUT2D eigenvalue weighted by Crippen LogP contribution is -2.23. The van der Waals surface area contributed by atoms with Gasteiger partial charge in [-0.3, -0.25) is 9.69 Å². The van der Waals surface area contributed by atoms with Crippen molar-refractivity contribution in [3.63, 3.8) is 0 Å². The fourth-order valence-corrected chi connectivity index (χ4v) is 4.00. The van der Waals surface area contributed by atoms with Crippen LogP contribution in [0.5, 0.6) is 5.75 Å². The van der Waals surface area contributed by atoms with Crippen molar-refractivity contribution in [3.05, 3.63) is 77.1 Å². The molecule has 0 atom stereocenters. The summed E-state index contributed by atoms with van der Waals surface area (Å²) in [5, 5.41) is 10.7. The molecule has 2 heterocycles. The Morgan fingerprint density at radius 1 is 1.06 bits per heavy atom. The zero-order chi connectivity index (χ0) is 23.4. The summed E-state index contributed by atoms with van der Waals surface area (Å²) in [4.78, 5) is 32.3. The van der Waals surface area contributed by atoms with E-state index in [4.69, 9.17) is 9.47 Å². The molecule has 0 saturated carbocycles. The lowest BCUT2D eigenvalue weighted by Gasteiger charge is -2.20. The van der Waals surface area contributed by atoms with Gasteiger partial charge in [0.2, 0.25) is 5.91 Å². The van der Waals surface area contributed by atoms with Gasteiger partial charge in [0.05, 0.1) is 29.9 Å². The fourth-order valence-electron chi connectivity index (χ4n) is 3.14. The van der Waals surface area contributed by atoms with Crippen LogP contribution >= 0.6 is 11.3 Å². The van der Waals surface area contributed by atoms with E-state index in [0.717, 1.165) is 5.69 Å². The summed E-state index contributed by atoms with van der Waals surface area (Å²) in [5.74, 6) is -0.268. The summed E-state index contributed by atoms with van der Waals surface area (Å²) >= 11 is 1.27. The van der Waals surface area contributed by atoms with E-state index < -0.39 is 5.97 Å². The highest BCUT2D eigenvalue weighted by molar-refractivity contribution is 7.14. The van der Waals surface area contributed by atoms with Gasteiger partial charge in [-0.05, 0) is 31.2 Å². The number of carbonyl (C=O) groups excluding carboxylic acids is 2. The van der Waals surface area contributed by atoms with E-state index >= 15 is 0 Å². The maximum Gasteiger partial charge on any atom is 0.361 e. The number of rotatable bonds is 7. The first-order chi connectivity index (χ1) is 16.0. The Morgan fingerprint density at radius 2 is 1.79 bits per heavy atom. The summed E-state index contributed by atoms with van der Waals surface area (Å²) < 4.78 is 10.8. The maximum atomic E-state index is 12.6. The number of methoxy groups -OCH3 is 1. The van der Waals surface area contributed by atoms with Crippen molar-refractivity contribution < 1.29 is 19.1 Å². The predicted octanol–water partition coefficient (Wildman–Crippen LogP) is 4.08. The Balaban J connectivity index is 1.48. The molecule has 33 heavy (non-hydrogen) atoms. The van der Waals surface area contributed by atoms with Crippen molar-refractivity contribution in [2.75, 3.05) is 12.0 Å². The number of benzene rings is 2. The predicted molar refractivity (Wildman–Crippen MR) is 123 cm³/mol. The van der Waals surface area contributed by atoms with E-state index in [-0.39, 0.29) is 18.2 Å². The minimum atomic E-state index is -0.600. The normalized spacial score (nSPS) is 10.6. The molecule has 0 N–H and O–H groups in total. The summed E-state index contributed by atoms with van der Waals surface area (Å²) in [6.07, 6.45) is 0. The van der Waals surface area contributed by atoms with Gasteiger partial charge in [0, 0.05) is 12.3 Å². The Bertz CT molecular complexity index is 1290. The molecule has 1 amide bonds. The molecule has 9 nitrogen and oxygen atoms in total. The van der Waals surface area contributed by atoms with E-state index in [0.29, 0.717) is 28.0 Å². The first kappa shape index (κ1) is 22.2. The average molecular weight is 464 g/mol. The van der Waals surface area contributed by atoms with Crippen LogP contribution < -0.4 is 9.64 Å². The molecule has 0 unspecified atom stereocenters. The molecular weight excluding hydrogens is 442 g/mol. The second-order valence-corrected chi connectivity index (χ2v) is 7.82. The molecule has 4 aromatic rings. The van der Waals surface area contributed by atoms with Crippen LogP contribution in [-0.4, -0.2) is 39.0 Å². The second kappa shape index (κ2) is 9.61. The topological polar surface area (TPSA) is 99.4 Å². The number of para-hydroxylation sites is 3. The number of aryl methyl sites for hydroxylation is 1. The summed E-state index contributed by atoms with van der Waals surface area (Å²) in [5.41, 5.74) is 2.43. The van der Waals surface area contributed by atoms with E-state index in [2.05, 4.69) is 15.2 Å². The molecule has 0 aliphatic heterocycles. The molecule has 4 rings (SSSR count). The van der Waals surface area contributed by atoms with Gasteiger partial charge in [0.1, 0.15) is 12.4 Å². The number of aromatic nitrogens is 4. The Hall–Kier alpha value is -4.05. The van der Waals surface area contributed by atoms with Crippen LogP contribution in [0.1, 0.15) is 28.8 Å². The van der Waals surface area contributed by atoms with Crippen molar-refractivity contribution >= 4 is 34.0 Å². The molecule has 0 aliphatic rings. The molecule has 0 saturated heterocycles. The zero-order valence-electron chi connectivity index (χ0n) is 18.3. The van der Waals surface area contributed by atoms with E-state index in [1.165, 1.54) is 28.0 Å². The first-order valence-corrected chi connectivity index (χ1v) is 10.9. The number of hydrogen-bond donors (Lipinski definition) is 0. The largest absolute Gasteiger partial charge is 0.495 e. The highest BCUT2D eigenvalue weighted by Gasteiger charge is 2.22. The number of amides is 1. The Kier molecular flexibility index (Phi) is 6.45. The number of ether oxygens (including phenoxy) is 2. The summed E-state index contributed by atoms with van der Waals surface area (Å²) in [6, 6.07) is 16.5. The number of nitrogens with zero attached hydrogens (tertiary/aromatic N) is 5. The number of hydrogen-bond acceptors (Lipinski definition) is 8. The zero-order valence-corrected chi connectivity index (χ0v) is 19.1. The summed E-state index contributed by atoms with van der Waals surface area (Å²) in [6.45, 7) is 3.08. The molecule has 168 valence electrons. The van der Waals surface area contributed by atoms with Crippen LogP contribution in [0.4, 0.5) is 10.8 Å². The van der Waals surface area contributed by atoms with Crippen molar-refractivity contribution in [1.82, 2.24) is 20.0 Å². The SMILES string of the molecule is COc1ccccc1N(C(C)=O)c1nc(COC(=O)c2nn(-c3ccccc3)nc2C)cs1. The molecule has 0 aliphatic carbocycles. The van der Waals surface area contributed by atoms with Crippen LogP contribution in [-0.2, 0) is 16.1 Å². The monoisotopic (exact) mass is 463 g/mol. The molecule has 2 aromatic heterocycles. The van der Waals surface area contributed by atoms with Gasteiger partial charge >= 0.3 is 5.97 Å². The van der Waals surface area contributed by atoms with Gasteiger partial charge in [-0.15, -0.1) is 16.4 Å². The van der Waals surface area contributed by atoms with Crippen molar-refractivity contribution in [3.8, 4) is 11.4 Å². The molecule has 0 bridgehead atoms. The molecular formula is C23H21N5O4S. The van der Waals surface area contributed by atoms with Crippen LogP contribution in [0.25, 0.3) is 5.69 Å². The van der Waals surface area contributed by atoms with Crippen LogP contribution in [0.15, 0.2) is 60.0 Å². The minimum absolute atomic E-state index is 0.0648. The number of thiazole rings is 1. The van der Waals surface area contributed by atoms with Gasteiger partial charge in [-0.25, -0.2) is 9.78 Å². The Labute approximate surface area is 194 Å².